The maximum absolute atomic E-state index is 11.2. The van der Waals surface area contributed by atoms with E-state index in [4.69, 9.17) is 25.8 Å². The van der Waals surface area contributed by atoms with Gasteiger partial charge >= 0.3 is 5.97 Å². The van der Waals surface area contributed by atoms with E-state index in [9.17, 15) is 4.79 Å². The summed E-state index contributed by atoms with van der Waals surface area (Å²) in [6.07, 6.45) is 4.34. The van der Waals surface area contributed by atoms with Gasteiger partial charge in [0.05, 0.1) is 38.6 Å². The highest BCUT2D eigenvalue weighted by Crippen LogP contribution is 2.36. The van der Waals surface area contributed by atoms with E-state index in [1.807, 2.05) is 25.1 Å². The number of methoxy groups -OCH3 is 2. The van der Waals surface area contributed by atoms with Gasteiger partial charge in [-0.25, -0.2) is 9.97 Å². The summed E-state index contributed by atoms with van der Waals surface area (Å²) in [5, 5.41) is 4.66. The van der Waals surface area contributed by atoms with Crippen LogP contribution >= 0.6 is 11.6 Å². The third-order valence-corrected chi connectivity index (χ3v) is 5.16. The van der Waals surface area contributed by atoms with E-state index in [0.29, 0.717) is 58.9 Å². The van der Waals surface area contributed by atoms with Gasteiger partial charge in [0.2, 0.25) is 0 Å². The van der Waals surface area contributed by atoms with Crippen LogP contribution in [0.3, 0.4) is 0 Å². The molecule has 0 fully saturated rings. The second-order valence-corrected chi connectivity index (χ2v) is 7.61. The molecule has 33 heavy (non-hydrogen) atoms. The van der Waals surface area contributed by atoms with Gasteiger partial charge in [-0.2, -0.15) is 0 Å². The van der Waals surface area contributed by atoms with Crippen molar-refractivity contribution in [3.05, 3.63) is 41.7 Å². The molecule has 3 rings (SSSR count). The van der Waals surface area contributed by atoms with Crippen LogP contribution < -0.4 is 19.5 Å². The van der Waals surface area contributed by atoms with Crippen molar-refractivity contribution in [3.8, 4) is 17.2 Å². The van der Waals surface area contributed by atoms with Crippen LogP contribution in [0.15, 0.2) is 36.7 Å². The van der Waals surface area contributed by atoms with Gasteiger partial charge in [0.25, 0.3) is 0 Å². The van der Waals surface area contributed by atoms with Crippen molar-refractivity contribution in [2.45, 2.75) is 32.6 Å². The van der Waals surface area contributed by atoms with Crippen molar-refractivity contribution >= 4 is 40.0 Å². The summed E-state index contributed by atoms with van der Waals surface area (Å²) in [4.78, 5) is 20.0. The Labute approximate surface area is 198 Å². The highest BCUT2D eigenvalue weighted by atomic mass is 35.5. The van der Waals surface area contributed by atoms with Crippen molar-refractivity contribution in [1.82, 2.24) is 9.97 Å². The van der Waals surface area contributed by atoms with Gasteiger partial charge in [0, 0.05) is 22.9 Å². The van der Waals surface area contributed by atoms with E-state index >= 15 is 0 Å². The number of benzene rings is 2. The first-order valence-electron chi connectivity index (χ1n) is 10.8. The zero-order valence-corrected chi connectivity index (χ0v) is 19.8. The molecule has 0 atom stereocenters. The van der Waals surface area contributed by atoms with E-state index in [-0.39, 0.29) is 5.97 Å². The third-order valence-electron chi connectivity index (χ3n) is 4.93. The minimum atomic E-state index is -0.192. The van der Waals surface area contributed by atoms with Crippen molar-refractivity contribution in [1.29, 1.82) is 0 Å². The summed E-state index contributed by atoms with van der Waals surface area (Å²) in [5.74, 6) is 2.27. The van der Waals surface area contributed by atoms with Crippen molar-refractivity contribution in [2.75, 3.05) is 32.8 Å². The molecule has 0 aliphatic carbocycles. The average Bonchev–Trinajstić information content (AvgIpc) is 2.82. The predicted molar refractivity (Wildman–Crippen MR) is 128 cm³/mol. The number of fused-ring (bicyclic) bond motifs is 1. The van der Waals surface area contributed by atoms with E-state index in [2.05, 4.69) is 20.0 Å². The molecule has 0 aliphatic rings. The Morgan fingerprint density at radius 3 is 2.61 bits per heavy atom. The van der Waals surface area contributed by atoms with Gasteiger partial charge < -0.3 is 24.3 Å². The van der Waals surface area contributed by atoms with Gasteiger partial charge in [0.15, 0.2) is 11.5 Å². The fraction of sp³-hybridized carbons (Fsp3) is 0.375. The summed E-state index contributed by atoms with van der Waals surface area (Å²) >= 11 is 6.24. The Morgan fingerprint density at radius 1 is 1.00 bits per heavy atom. The highest BCUT2D eigenvalue weighted by Gasteiger charge is 2.13. The third kappa shape index (κ3) is 6.61. The van der Waals surface area contributed by atoms with Crippen LogP contribution in [0.2, 0.25) is 5.02 Å². The number of rotatable bonds is 12. The lowest BCUT2D eigenvalue weighted by molar-refractivity contribution is -0.140. The Hall–Kier alpha value is -3.26. The largest absolute Gasteiger partial charge is 0.493 e. The molecular weight excluding hydrogens is 446 g/mol. The quantitative estimate of drug-likeness (QED) is 0.270. The van der Waals surface area contributed by atoms with Gasteiger partial charge in [-0.1, -0.05) is 11.6 Å². The first kappa shape index (κ1) is 24.4. The minimum Gasteiger partial charge on any atom is -0.493 e. The number of aromatic nitrogens is 2. The van der Waals surface area contributed by atoms with E-state index in [1.165, 1.54) is 13.4 Å². The fourth-order valence-electron chi connectivity index (χ4n) is 3.28. The number of ether oxygens (including phenoxy) is 4. The van der Waals surface area contributed by atoms with Crippen molar-refractivity contribution in [3.63, 3.8) is 0 Å². The molecule has 2 aromatic carbocycles. The van der Waals surface area contributed by atoms with Crippen LogP contribution in [0.25, 0.3) is 10.9 Å². The molecule has 0 spiro atoms. The molecule has 0 saturated carbocycles. The summed E-state index contributed by atoms with van der Waals surface area (Å²) < 4.78 is 21.8. The highest BCUT2D eigenvalue weighted by molar-refractivity contribution is 6.31. The molecule has 176 valence electrons. The molecule has 0 unspecified atom stereocenters. The smallest absolute Gasteiger partial charge is 0.305 e. The SMILES string of the molecule is CCOc1cc2c(Nc3cc(Cl)ccc3OCCCCCC(=O)OC)ncnc2cc1OC. The average molecular weight is 474 g/mol. The van der Waals surface area contributed by atoms with Crippen LogP contribution in [0, 0.1) is 0 Å². The first-order valence-corrected chi connectivity index (χ1v) is 11.1. The number of hydrogen-bond donors (Lipinski definition) is 1. The standard InChI is InChI=1S/C24H28ClN3O5/c1-4-32-22-13-17-18(14-21(22)30-2)26-15-27-24(17)28-19-12-16(25)9-10-20(19)33-11-7-5-6-8-23(29)31-3/h9-10,12-15H,4-8,11H2,1-3H3,(H,26,27,28). The van der Waals surface area contributed by atoms with E-state index in [1.54, 1.807) is 19.2 Å². The van der Waals surface area contributed by atoms with Gasteiger partial charge in [-0.05, 0) is 50.5 Å². The van der Waals surface area contributed by atoms with Crippen LogP contribution in [-0.4, -0.2) is 43.4 Å². The first-order chi connectivity index (χ1) is 16.0. The summed E-state index contributed by atoms with van der Waals surface area (Å²) in [6.45, 7) is 2.92. The maximum Gasteiger partial charge on any atom is 0.305 e. The number of halogens is 1. The lowest BCUT2D eigenvalue weighted by Crippen LogP contribution is -2.04. The van der Waals surface area contributed by atoms with Crippen LogP contribution in [0.1, 0.15) is 32.6 Å². The van der Waals surface area contributed by atoms with Crippen molar-refractivity contribution < 1.29 is 23.7 Å². The molecule has 0 amide bonds. The lowest BCUT2D eigenvalue weighted by atomic mass is 10.2. The summed E-state index contributed by atoms with van der Waals surface area (Å²) in [6, 6.07) is 9.05. The molecule has 3 aromatic rings. The fourth-order valence-corrected chi connectivity index (χ4v) is 3.45. The minimum absolute atomic E-state index is 0.192. The molecule has 0 radical (unpaired) electrons. The summed E-state index contributed by atoms with van der Waals surface area (Å²) in [5.41, 5.74) is 1.40. The number of esters is 1. The maximum atomic E-state index is 11.2. The molecule has 8 nitrogen and oxygen atoms in total. The number of anilines is 2. The monoisotopic (exact) mass is 473 g/mol. The number of nitrogens with zero attached hydrogens (tertiary/aromatic N) is 2. The van der Waals surface area contributed by atoms with Crippen molar-refractivity contribution in [2.24, 2.45) is 0 Å². The normalized spacial score (nSPS) is 10.7. The molecule has 1 heterocycles. The topological polar surface area (TPSA) is 91.8 Å². The number of hydrogen-bond acceptors (Lipinski definition) is 8. The molecule has 9 heteroatoms. The van der Waals surface area contributed by atoms with Gasteiger partial charge in [-0.3, -0.25) is 4.79 Å². The number of carbonyl (C=O) groups is 1. The molecule has 0 saturated heterocycles. The Morgan fingerprint density at radius 2 is 1.85 bits per heavy atom. The number of nitrogens with one attached hydrogen (secondary N) is 1. The molecule has 0 bridgehead atoms. The van der Waals surface area contributed by atoms with Crippen LogP contribution in [0.5, 0.6) is 17.2 Å². The molecule has 0 aliphatic heterocycles. The lowest BCUT2D eigenvalue weighted by Gasteiger charge is -2.15. The second kappa shape index (κ2) is 12.1. The van der Waals surface area contributed by atoms with E-state index < -0.39 is 0 Å². The molecule has 1 N–H and O–H groups in total. The zero-order valence-electron chi connectivity index (χ0n) is 19.0. The Balaban J connectivity index is 1.77. The van der Waals surface area contributed by atoms with Crippen LogP contribution in [-0.2, 0) is 9.53 Å². The Bertz CT molecular complexity index is 1090. The Kier molecular flexibility index (Phi) is 8.95. The summed E-state index contributed by atoms with van der Waals surface area (Å²) in [7, 11) is 2.99. The van der Waals surface area contributed by atoms with E-state index in [0.717, 1.165) is 24.6 Å². The zero-order chi connectivity index (χ0) is 23.6. The van der Waals surface area contributed by atoms with Crippen LogP contribution in [0.4, 0.5) is 11.5 Å². The second-order valence-electron chi connectivity index (χ2n) is 7.18. The molecular formula is C24H28ClN3O5. The number of unbranched alkanes of at least 4 members (excludes halogenated alkanes) is 2. The van der Waals surface area contributed by atoms with Gasteiger partial charge in [0.1, 0.15) is 17.9 Å². The predicted octanol–water partition coefficient (Wildman–Crippen LogP) is 5.55. The molecule has 1 aromatic heterocycles. The number of carbonyl (C=O) groups excluding carboxylic acids is 1. The van der Waals surface area contributed by atoms with Gasteiger partial charge in [-0.15, -0.1) is 0 Å².